The average molecular weight is 1050 g/mol. The Bertz CT molecular complexity index is 2550. The van der Waals surface area contributed by atoms with Crippen molar-refractivity contribution in [2.75, 3.05) is 0 Å². The molecular weight excluding hydrogens is 1000 g/mol. The number of carbonyl (C=O) groups is 4. The number of amides is 4. The molecule has 11 rings (SSSR count). The van der Waals surface area contributed by atoms with Gasteiger partial charge in [-0.15, -0.1) is 0 Å². The van der Waals surface area contributed by atoms with E-state index >= 15 is 0 Å². The first-order valence-corrected chi connectivity index (χ1v) is 25.8. The van der Waals surface area contributed by atoms with Crippen LogP contribution in [0, 0.1) is 11.8 Å². The van der Waals surface area contributed by atoms with E-state index in [0.717, 1.165) is 42.3 Å². The van der Waals surface area contributed by atoms with Crippen molar-refractivity contribution < 1.29 is 112 Å². The van der Waals surface area contributed by atoms with Crippen LogP contribution in [0.5, 0.6) is 0 Å². The van der Waals surface area contributed by atoms with E-state index in [1.807, 2.05) is 52.0 Å². The van der Waals surface area contributed by atoms with Gasteiger partial charge in [-0.3, -0.25) is 42.7 Å². The van der Waals surface area contributed by atoms with Crippen LogP contribution in [0.3, 0.4) is 0 Å². The summed E-state index contributed by atoms with van der Waals surface area (Å²) < 4.78 is 46.8. The third-order valence-electron chi connectivity index (χ3n) is 15.2. The summed E-state index contributed by atoms with van der Waals surface area (Å²) in [5.74, 6) is -0.787. The molecule has 0 unspecified atom stereocenters. The maximum Gasteiger partial charge on any atom is 1.00 e. The fourth-order valence-electron chi connectivity index (χ4n) is 10.8. The van der Waals surface area contributed by atoms with Crippen molar-refractivity contribution >= 4 is 48.8 Å². The average Bonchev–Trinajstić information content (AvgIpc) is 4.19. The zero-order chi connectivity index (χ0) is 48.3. The monoisotopic (exact) mass is 1050 g/mol. The molecule has 350 valence electrons. The maximum absolute atomic E-state index is 13.4. The van der Waals surface area contributed by atoms with E-state index in [1.165, 1.54) is 9.80 Å². The van der Waals surface area contributed by atoms with E-state index in [1.54, 1.807) is 72.8 Å². The van der Waals surface area contributed by atoms with Crippen molar-refractivity contribution in [3.63, 3.8) is 0 Å². The van der Waals surface area contributed by atoms with Crippen molar-refractivity contribution in [2.24, 2.45) is 11.8 Å². The maximum atomic E-state index is 13.4. The number of benzene rings is 4. The molecule has 0 bridgehead atoms. The zero-order valence-electron chi connectivity index (χ0n) is 38.3. The van der Waals surface area contributed by atoms with Crippen LogP contribution in [0.15, 0.2) is 97.1 Å². The second-order valence-corrected chi connectivity index (χ2v) is 22.2. The van der Waals surface area contributed by atoms with Gasteiger partial charge in [-0.2, -0.15) is 0 Å². The van der Waals surface area contributed by atoms with Crippen molar-refractivity contribution in [3.05, 3.63) is 130 Å². The summed E-state index contributed by atoms with van der Waals surface area (Å²) in [7, 11) is -2.08. The number of fused-ring (bicyclic) bond motifs is 2. The van der Waals surface area contributed by atoms with Crippen LogP contribution >= 0.6 is 0 Å². The third kappa shape index (κ3) is 8.88. The molecule has 4 saturated carbocycles. The molecule has 4 amide bonds. The van der Waals surface area contributed by atoms with Gasteiger partial charge in [0.05, 0.1) is 55.7 Å². The molecule has 3 heterocycles. The first kappa shape index (κ1) is 51.0. The molecule has 16 nitrogen and oxygen atoms in total. The molecule has 1 saturated heterocycles. The van der Waals surface area contributed by atoms with E-state index in [0.29, 0.717) is 53.4 Å². The van der Waals surface area contributed by atoms with Gasteiger partial charge in [0.15, 0.2) is 0 Å². The van der Waals surface area contributed by atoms with Crippen molar-refractivity contribution in [3.8, 4) is 0 Å². The van der Waals surface area contributed by atoms with Crippen LogP contribution in [-0.4, -0.2) is 90.3 Å². The summed E-state index contributed by atoms with van der Waals surface area (Å²) in [4.78, 5) is 55.8. The quantitative estimate of drug-likeness (QED) is 0.0727. The minimum atomic E-state index is -5.94. The zero-order valence-corrected chi connectivity index (χ0v) is 42.5. The Labute approximate surface area is 422 Å². The minimum absolute atomic E-state index is 0. The summed E-state index contributed by atoms with van der Waals surface area (Å²) >= 11 is -5.94. The number of rotatable bonds is 8. The van der Waals surface area contributed by atoms with Gasteiger partial charge in [0.25, 0.3) is 23.6 Å². The van der Waals surface area contributed by atoms with E-state index in [4.69, 9.17) is 23.1 Å². The fourth-order valence-corrected chi connectivity index (χ4v) is 10.8. The molecule has 5 fully saturated rings. The molecule has 3 aliphatic heterocycles. The molecule has 20 heteroatoms. The number of halogens is 1. The van der Waals surface area contributed by atoms with Crippen LogP contribution in [0.1, 0.15) is 132 Å². The summed E-state index contributed by atoms with van der Waals surface area (Å²) in [5, 5.41) is 41.0. The largest absolute Gasteiger partial charge is 1.00 e. The second kappa shape index (κ2) is 17.7. The van der Waals surface area contributed by atoms with Gasteiger partial charge in [-0.25, -0.2) is 0 Å². The normalized spacial score (nSPS) is 28.6. The number of carbonyl (C=O) groups excluding carboxylic acids is 4. The van der Waals surface area contributed by atoms with Crippen LogP contribution in [-0.2, 0) is 20.4 Å². The number of imide groups is 2. The van der Waals surface area contributed by atoms with Crippen molar-refractivity contribution in [1.82, 2.24) is 9.80 Å². The Hall–Kier alpha value is -3.38. The van der Waals surface area contributed by atoms with Gasteiger partial charge in [0, 0.05) is 25.7 Å². The molecule has 0 radical (unpaired) electrons. The van der Waals surface area contributed by atoms with Crippen LogP contribution in [0.2, 0.25) is 0 Å². The standard InChI is InChI=1S/C27H30BNO5.C21H20BNO5.IO4.Na/c1-24(2)25(3,4)34-28(33-24)19-13-11-17(12-14-19)26(15-27(32,16-26)18-9-10-18)29-22(30)20-7-5-6-8-21(20)23(29)31;24-18-16-3-1-2-4-17(16)19(25)23(18)20(11-21(26,12-20)14-5-6-14)13-7-9-15(10-8-13)22(27)28;2-1(3,4)5;/h5-8,11-14,18,32H,9-10,15-16H2,1-4H3;1-4,7-10,14,26-28H,5-6,11-12H2;;/q;;-1;+1. The topological polar surface area (TPSA) is 266 Å². The van der Waals surface area contributed by atoms with Crippen molar-refractivity contribution in [2.45, 2.75) is 113 Å². The molecular formula is C48H50B2IN2NaO14. The fraction of sp³-hybridized carbons (Fsp3) is 0.417. The molecule has 4 aromatic rings. The third-order valence-corrected chi connectivity index (χ3v) is 15.2. The van der Waals surface area contributed by atoms with Crippen LogP contribution in [0.25, 0.3) is 0 Å². The van der Waals surface area contributed by atoms with E-state index in [9.17, 15) is 39.4 Å². The van der Waals surface area contributed by atoms with Gasteiger partial charge in [-0.05, 0) is 112 Å². The van der Waals surface area contributed by atoms with E-state index < -0.39 is 67.8 Å². The molecule has 7 aliphatic rings. The summed E-state index contributed by atoms with van der Waals surface area (Å²) in [6.45, 7) is 8.08. The molecule has 0 atom stereocenters. The Morgan fingerprint density at radius 2 is 0.853 bits per heavy atom. The van der Waals surface area contributed by atoms with Gasteiger partial charge in [0.2, 0.25) is 0 Å². The summed E-state index contributed by atoms with van der Waals surface area (Å²) in [6.07, 6.45) is 5.26. The number of hydrogen-bond donors (Lipinski definition) is 4. The van der Waals surface area contributed by atoms with Gasteiger partial charge >= 0.3 is 43.8 Å². The Morgan fingerprint density at radius 3 is 1.13 bits per heavy atom. The Kier molecular flexibility index (Phi) is 13.3. The second-order valence-electron chi connectivity index (χ2n) is 20.1. The summed E-state index contributed by atoms with van der Waals surface area (Å²) in [5.41, 5.74) is 0.0578. The van der Waals surface area contributed by atoms with E-state index in [2.05, 4.69) is 0 Å². The van der Waals surface area contributed by atoms with Crippen LogP contribution in [0.4, 0.5) is 0 Å². The predicted molar refractivity (Wildman–Crippen MR) is 229 cm³/mol. The van der Waals surface area contributed by atoms with Crippen LogP contribution < -0.4 is 74.3 Å². The minimum Gasteiger partial charge on any atom is -0.423 e. The first-order valence-electron chi connectivity index (χ1n) is 22.3. The molecule has 0 aromatic heterocycles. The summed E-state index contributed by atoms with van der Waals surface area (Å²) in [6, 6.07) is 28.1. The van der Waals surface area contributed by atoms with Crippen molar-refractivity contribution in [1.29, 1.82) is 0 Å². The first-order chi connectivity index (χ1) is 31.3. The SMILES string of the molecule is CC1(C)OB(c2ccc(C3(N4C(=O)c5ccccc5C4=O)CC(O)(C4CC4)C3)cc2)OC1(C)C.O=C1c2ccccc2C(=O)N1C1(c2ccc(B(O)O)cc2)CC(O)(C2CC2)C1.[Na+].[O-][I+3]([O-])([O-])[O-]. The van der Waals surface area contributed by atoms with Gasteiger partial charge in [-0.1, -0.05) is 72.8 Å². The molecule has 0 spiro atoms. The number of hydrogen-bond acceptors (Lipinski definition) is 14. The molecule has 4 aromatic carbocycles. The Morgan fingerprint density at radius 1 is 0.559 bits per heavy atom. The van der Waals surface area contributed by atoms with E-state index in [-0.39, 0.29) is 65.0 Å². The predicted octanol–water partition coefficient (Wildman–Crippen LogP) is -6.54. The number of nitrogens with zero attached hydrogens (tertiary/aromatic N) is 2. The molecule has 68 heavy (non-hydrogen) atoms. The van der Waals surface area contributed by atoms with Gasteiger partial charge < -0.3 is 29.6 Å². The van der Waals surface area contributed by atoms with Gasteiger partial charge in [0.1, 0.15) is 20.1 Å². The number of aliphatic hydroxyl groups is 2. The Balaban J connectivity index is 0.000000168. The molecule has 4 N–H and O–H groups in total. The molecule has 4 aliphatic carbocycles. The smallest absolute Gasteiger partial charge is 0.423 e.